The Kier molecular flexibility index (Phi) is 5.49. The number of hydrogen-bond donors (Lipinski definition) is 0. The molecular weight excluding hydrogens is 208 g/mol. The molecule has 1 atom stereocenters. The molecule has 1 fully saturated rings. The molecule has 92 valence electrons. The predicted octanol–water partition coefficient (Wildman–Crippen LogP) is 2.73. The predicted molar refractivity (Wildman–Crippen MR) is 59.4 cm³/mol. The van der Waals surface area contributed by atoms with E-state index in [-0.39, 0.29) is 0 Å². The third-order valence-electron chi connectivity index (χ3n) is 2.85. The highest BCUT2D eigenvalue weighted by molar-refractivity contribution is 5.88. The highest BCUT2D eigenvalue weighted by Gasteiger charge is 2.18. The summed E-state index contributed by atoms with van der Waals surface area (Å²) in [6.07, 6.45) is 3.31. The number of ether oxygens (including phenoxy) is 1. The quantitative estimate of drug-likeness (QED) is 0.421. The third-order valence-corrected chi connectivity index (χ3v) is 2.85. The molecule has 0 aromatic rings. The fourth-order valence-electron chi connectivity index (χ4n) is 1.39. The molecule has 1 aliphatic heterocycles. The van der Waals surface area contributed by atoms with Gasteiger partial charge in [-0.3, -0.25) is 4.89 Å². The van der Waals surface area contributed by atoms with Crippen LogP contribution in [0.5, 0.6) is 0 Å². The van der Waals surface area contributed by atoms with Crippen molar-refractivity contribution >= 4 is 5.97 Å². The van der Waals surface area contributed by atoms with Gasteiger partial charge in [0.15, 0.2) is 0 Å². The molecule has 1 unspecified atom stereocenters. The third kappa shape index (κ3) is 3.94. The second-order valence-electron chi connectivity index (χ2n) is 4.02. The summed E-state index contributed by atoms with van der Waals surface area (Å²) >= 11 is 0. The Hall–Kier alpha value is -0.870. The fraction of sp³-hybridized carbons (Fsp3) is 0.750. The first kappa shape index (κ1) is 13.2. The highest BCUT2D eigenvalue weighted by atomic mass is 17.2. The molecule has 0 N–H and O–H groups in total. The van der Waals surface area contributed by atoms with Crippen LogP contribution in [-0.2, 0) is 19.3 Å². The van der Waals surface area contributed by atoms with E-state index in [9.17, 15) is 4.79 Å². The summed E-state index contributed by atoms with van der Waals surface area (Å²) in [5.74, 6) is -0.423. The van der Waals surface area contributed by atoms with E-state index in [1.807, 2.05) is 13.8 Å². The Labute approximate surface area is 96.5 Å². The van der Waals surface area contributed by atoms with E-state index in [2.05, 4.69) is 0 Å². The Bertz CT molecular complexity index is 264. The van der Waals surface area contributed by atoms with Crippen molar-refractivity contribution in [3.8, 4) is 0 Å². The smallest absolute Gasteiger partial charge is 0.349 e. The van der Waals surface area contributed by atoms with Gasteiger partial charge < -0.3 is 4.74 Å². The maximum absolute atomic E-state index is 11.5. The van der Waals surface area contributed by atoms with E-state index < -0.39 is 12.3 Å². The van der Waals surface area contributed by atoms with E-state index >= 15 is 0 Å². The molecule has 0 spiro atoms. The number of allylic oxidation sites excluding steroid dienone is 1. The van der Waals surface area contributed by atoms with Crippen LogP contribution in [0.1, 0.15) is 46.5 Å². The summed E-state index contributed by atoms with van der Waals surface area (Å²) in [7, 11) is 0. The highest BCUT2D eigenvalue weighted by Crippen LogP contribution is 2.15. The van der Waals surface area contributed by atoms with E-state index in [0.717, 1.165) is 31.3 Å². The zero-order chi connectivity index (χ0) is 12.0. The summed E-state index contributed by atoms with van der Waals surface area (Å²) < 4.78 is 5.28. The van der Waals surface area contributed by atoms with E-state index in [4.69, 9.17) is 14.5 Å². The van der Waals surface area contributed by atoms with Gasteiger partial charge in [0.2, 0.25) is 6.29 Å². The van der Waals surface area contributed by atoms with E-state index in [1.165, 1.54) is 0 Å². The van der Waals surface area contributed by atoms with Crippen molar-refractivity contribution < 1.29 is 19.3 Å². The van der Waals surface area contributed by atoms with Gasteiger partial charge in [-0.15, -0.1) is 0 Å². The van der Waals surface area contributed by atoms with Gasteiger partial charge >= 0.3 is 5.97 Å². The zero-order valence-corrected chi connectivity index (χ0v) is 10.2. The lowest BCUT2D eigenvalue weighted by Crippen LogP contribution is -2.24. The lowest BCUT2D eigenvalue weighted by molar-refractivity contribution is -0.356. The first-order valence-corrected chi connectivity index (χ1v) is 5.80. The van der Waals surface area contributed by atoms with Crippen LogP contribution in [0.15, 0.2) is 11.1 Å². The topological polar surface area (TPSA) is 44.8 Å². The normalized spacial score (nSPS) is 22.6. The van der Waals surface area contributed by atoms with Crippen LogP contribution in [0.25, 0.3) is 0 Å². The zero-order valence-electron chi connectivity index (χ0n) is 10.2. The van der Waals surface area contributed by atoms with Gasteiger partial charge in [-0.05, 0) is 33.1 Å². The molecular formula is C12H20O4. The maximum Gasteiger partial charge on any atom is 0.368 e. The monoisotopic (exact) mass is 228 g/mol. The van der Waals surface area contributed by atoms with Crippen molar-refractivity contribution in [3.05, 3.63) is 11.1 Å². The summed E-state index contributed by atoms with van der Waals surface area (Å²) in [4.78, 5) is 21.2. The number of rotatable bonds is 4. The Morgan fingerprint density at radius 1 is 1.38 bits per heavy atom. The number of carbonyl (C=O) groups excluding carboxylic acids is 1. The van der Waals surface area contributed by atoms with Gasteiger partial charge in [0, 0.05) is 18.6 Å². The van der Waals surface area contributed by atoms with Crippen LogP contribution in [0.3, 0.4) is 0 Å². The van der Waals surface area contributed by atoms with Gasteiger partial charge in [-0.2, -0.15) is 4.89 Å². The van der Waals surface area contributed by atoms with Crippen molar-refractivity contribution in [2.75, 3.05) is 6.61 Å². The summed E-state index contributed by atoms with van der Waals surface area (Å²) in [5, 5.41) is 0. The average Bonchev–Trinajstić information content (AvgIpc) is 2.35. The summed E-state index contributed by atoms with van der Waals surface area (Å²) in [5.41, 5.74) is 1.62. The molecule has 0 aromatic carbocycles. The molecule has 0 aromatic heterocycles. The number of carbonyl (C=O) groups is 1. The van der Waals surface area contributed by atoms with Crippen LogP contribution in [0.4, 0.5) is 0 Å². The molecule has 1 aliphatic rings. The Morgan fingerprint density at radius 2 is 2.12 bits per heavy atom. The molecule has 0 aliphatic carbocycles. The molecule has 0 saturated carbocycles. The molecule has 16 heavy (non-hydrogen) atoms. The molecule has 1 rings (SSSR count). The van der Waals surface area contributed by atoms with Crippen LogP contribution in [0, 0.1) is 0 Å². The van der Waals surface area contributed by atoms with Gasteiger partial charge in [0.1, 0.15) is 0 Å². The maximum atomic E-state index is 11.5. The molecule has 0 bridgehead atoms. The van der Waals surface area contributed by atoms with Crippen molar-refractivity contribution in [1.29, 1.82) is 0 Å². The molecule has 4 nitrogen and oxygen atoms in total. The van der Waals surface area contributed by atoms with Crippen LogP contribution in [0.2, 0.25) is 0 Å². The molecule has 0 radical (unpaired) electrons. The molecule has 1 heterocycles. The minimum atomic E-state index is -0.423. The average molecular weight is 228 g/mol. The van der Waals surface area contributed by atoms with E-state index in [1.54, 1.807) is 6.92 Å². The van der Waals surface area contributed by atoms with Crippen LogP contribution in [-0.4, -0.2) is 18.9 Å². The molecule has 1 saturated heterocycles. The molecule has 4 heteroatoms. The van der Waals surface area contributed by atoms with E-state index in [0.29, 0.717) is 12.2 Å². The standard InChI is InChI=1S/C12H20O4/c1-4-9(2)10(3)12(13)16-15-11-7-5-6-8-14-11/h11H,4-8H2,1-3H3/b10-9+. The lowest BCUT2D eigenvalue weighted by atomic mass is 10.1. The van der Waals surface area contributed by atoms with Crippen molar-refractivity contribution in [2.24, 2.45) is 0 Å². The second-order valence-corrected chi connectivity index (χ2v) is 4.02. The summed E-state index contributed by atoms with van der Waals surface area (Å²) in [6, 6.07) is 0. The lowest BCUT2D eigenvalue weighted by Gasteiger charge is -2.20. The first-order chi connectivity index (χ1) is 7.65. The van der Waals surface area contributed by atoms with Crippen LogP contribution >= 0.6 is 0 Å². The minimum absolute atomic E-state index is 0.396. The fourth-order valence-corrected chi connectivity index (χ4v) is 1.39. The Morgan fingerprint density at radius 3 is 2.69 bits per heavy atom. The SMILES string of the molecule is CC/C(C)=C(\C)C(=O)OOC1CCCCO1. The van der Waals surface area contributed by atoms with Crippen molar-refractivity contribution in [2.45, 2.75) is 52.7 Å². The van der Waals surface area contributed by atoms with Crippen molar-refractivity contribution in [3.63, 3.8) is 0 Å². The Balaban J connectivity index is 2.34. The molecule has 0 amide bonds. The first-order valence-electron chi connectivity index (χ1n) is 5.80. The van der Waals surface area contributed by atoms with Gasteiger partial charge in [-0.1, -0.05) is 12.5 Å². The minimum Gasteiger partial charge on any atom is -0.349 e. The number of hydrogen-bond acceptors (Lipinski definition) is 4. The van der Waals surface area contributed by atoms with Gasteiger partial charge in [0.25, 0.3) is 0 Å². The van der Waals surface area contributed by atoms with Gasteiger partial charge in [-0.25, -0.2) is 4.79 Å². The van der Waals surface area contributed by atoms with Crippen LogP contribution < -0.4 is 0 Å². The van der Waals surface area contributed by atoms with Crippen molar-refractivity contribution in [1.82, 2.24) is 0 Å². The summed E-state index contributed by atoms with van der Waals surface area (Å²) in [6.45, 7) is 6.32. The largest absolute Gasteiger partial charge is 0.368 e. The van der Waals surface area contributed by atoms with Gasteiger partial charge in [0.05, 0.1) is 0 Å². The second kappa shape index (κ2) is 6.66.